The van der Waals surface area contributed by atoms with Crippen molar-refractivity contribution in [3.63, 3.8) is 0 Å². The molecular formula is C14H10ClNO5. The molecule has 0 atom stereocenters. The minimum atomic E-state index is -1.23. The van der Waals surface area contributed by atoms with Gasteiger partial charge in [-0.15, -0.1) is 0 Å². The number of carboxylic acids is 1. The first-order valence-corrected chi connectivity index (χ1v) is 6.18. The van der Waals surface area contributed by atoms with E-state index in [0.717, 1.165) is 0 Å². The van der Waals surface area contributed by atoms with Crippen LogP contribution in [0, 0.1) is 10.1 Å². The molecule has 0 heterocycles. The Morgan fingerprint density at radius 1 is 1.33 bits per heavy atom. The molecule has 21 heavy (non-hydrogen) atoms. The Morgan fingerprint density at radius 2 is 2.05 bits per heavy atom. The molecule has 7 heteroatoms. The van der Waals surface area contributed by atoms with Crippen molar-refractivity contribution < 1.29 is 19.6 Å². The smallest absolute Gasteiger partial charge is 0.341 e. The van der Waals surface area contributed by atoms with Gasteiger partial charge in [0, 0.05) is 17.7 Å². The van der Waals surface area contributed by atoms with Crippen molar-refractivity contribution in [3.8, 4) is 16.9 Å². The van der Waals surface area contributed by atoms with Crippen molar-refractivity contribution in [1.82, 2.24) is 0 Å². The van der Waals surface area contributed by atoms with Crippen LogP contribution in [0.2, 0.25) is 5.02 Å². The number of nitro benzene ring substituents is 1. The van der Waals surface area contributed by atoms with Crippen LogP contribution in [-0.4, -0.2) is 23.1 Å². The molecule has 0 aliphatic heterocycles. The van der Waals surface area contributed by atoms with Crippen molar-refractivity contribution >= 4 is 23.3 Å². The predicted molar refractivity (Wildman–Crippen MR) is 77.1 cm³/mol. The van der Waals surface area contributed by atoms with Crippen molar-refractivity contribution in [1.29, 1.82) is 0 Å². The highest BCUT2D eigenvalue weighted by Crippen LogP contribution is 2.38. The van der Waals surface area contributed by atoms with Crippen molar-refractivity contribution in [2.24, 2.45) is 0 Å². The van der Waals surface area contributed by atoms with E-state index in [9.17, 15) is 20.0 Å². The number of nitrogens with zero attached hydrogens (tertiary/aromatic N) is 1. The van der Waals surface area contributed by atoms with Crippen LogP contribution < -0.4 is 4.74 Å². The van der Waals surface area contributed by atoms with E-state index in [0.29, 0.717) is 11.1 Å². The highest BCUT2D eigenvalue weighted by Gasteiger charge is 2.21. The average Bonchev–Trinajstić information content (AvgIpc) is 2.46. The number of rotatable bonds is 4. The van der Waals surface area contributed by atoms with Gasteiger partial charge in [0.15, 0.2) is 0 Å². The molecule has 0 saturated carbocycles. The number of non-ortho nitro benzene ring substituents is 1. The SMILES string of the molecule is COc1c(-c2cccc([N+](=O)[O-])c2)ccc(Cl)c1C(=O)O. The average molecular weight is 308 g/mol. The number of carbonyl (C=O) groups is 1. The number of benzene rings is 2. The minimum absolute atomic E-state index is 0.0357. The van der Waals surface area contributed by atoms with Crippen molar-refractivity contribution in [3.05, 3.63) is 57.1 Å². The molecule has 0 spiro atoms. The van der Waals surface area contributed by atoms with Gasteiger partial charge in [-0.3, -0.25) is 10.1 Å². The van der Waals surface area contributed by atoms with Gasteiger partial charge >= 0.3 is 5.97 Å². The zero-order chi connectivity index (χ0) is 15.6. The summed E-state index contributed by atoms with van der Waals surface area (Å²) in [6.07, 6.45) is 0. The van der Waals surface area contributed by atoms with E-state index >= 15 is 0 Å². The number of carboxylic acid groups (broad SMARTS) is 1. The van der Waals surface area contributed by atoms with E-state index in [4.69, 9.17) is 16.3 Å². The van der Waals surface area contributed by atoms with Crippen LogP contribution in [0.15, 0.2) is 36.4 Å². The summed E-state index contributed by atoms with van der Waals surface area (Å²) in [5.74, 6) is -1.17. The van der Waals surface area contributed by atoms with Gasteiger partial charge in [-0.25, -0.2) is 4.79 Å². The highest BCUT2D eigenvalue weighted by atomic mass is 35.5. The molecule has 0 unspecified atom stereocenters. The van der Waals surface area contributed by atoms with E-state index in [1.54, 1.807) is 12.1 Å². The fourth-order valence-corrected chi connectivity index (χ4v) is 2.21. The first-order chi connectivity index (χ1) is 9.95. The Morgan fingerprint density at radius 3 is 2.62 bits per heavy atom. The highest BCUT2D eigenvalue weighted by molar-refractivity contribution is 6.34. The maximum absolute atomic E-state index is 11.3. The topological polar surface area (TPSA) is 89.7 Å². The van der Waals surface area contributed by atoms with Crippen LogP contribution >= 0.6 is 11.6 Å². The number of hydrogen-bond donors (Lipinski definition) is 1. The Kier molecular flexibility index (Phi) is 4.09. The number of methoxy groups -OCH3 is 1. The van der Waals surface area contributed by atoms with Gasteiger partial charge in [0.25, 0.3) is 5.69 Å². The molecule has 0 bridgehead atoms. The lowest BCUT2D eigenvalue weighted by Gasteiger charge is -2.12. The summed E-state index contributed by atoms with van der Waals surface area (Å²) in [7, 11) is 1.32. The third-order valence-corrected chi connectivity index (χ3v) is 3.21. The maximum atomic E-state index is 11.3. The first-order valence-electron chi connectivity index (χ1n) is 5.80. The number of halogens is 1. The lowest BCUT2D eigenvalue weighted by atomic mass is 10.0. The standard InChI is InChI=1S/C14H10ClNO5/c1-21-13-10(5-6-11(15)12(13)14(17)18)8-3-2-4-9(7-8)16(19)20/h2-7H,1H3,(H,17,18). The molecule has 0 radical (unpaired) electrons. The summed E-state index contributed by atoms with van der Waals surface area (Å²) in [5.41, 5.74) is 0.618. The monoisotopic (exact) mass is 307 g/mol. The van der Waals surface area contributed by atoms with Crippen LogP contribution in [0.5, 0.6) is 5.75 Å². The molecule has 0 aliphatic carbocycles. The van der Waals surface area contributed by atoms with Crippen LogP contribution in [0.4, 0.5) is 5.69 Å². The molecule has 0 amide bonds. The Balaban J connectivity index is 2.69. The number of aromatic carboxylic acids is 1. The zero-order valence-corrected chi connectivity index (χ0v) is 11.6. The molecule has 6 nitrogen and oxygen atoms in total. The van der Waals surface area contributed by atoms with Gasteiger partial charge in [-0.05, 0) is 17.7 Å². The molecule has 0 aromatic heterocycles. The normalized spacial score (nSPS) is 10.2. The lowest BCUT2D eigenvalue weighted by Crippen LogP contribution is -2.03. The number of nitro groups is 1. The number of hydrogen-bond acceptors (Lipinski definition) is 4. The molecule has 0 saturated heterocycles. The van der Waals surface area contributed by atoms with Gasteiger partial charge in [0.1, 0.15) is 11.3 Å². The Hall–Kier alpha value is -2.60. The van der Waals surface area contributed by atoms with Gasteiger partial charge in [0.05, 0.1) is 17.1 Å². The molecular weight excluding hydrogens is 298 g/mol. The summed E-state index contributed by atoms with van der Waals surface area (Å²) in [4.78, 5) is 21.6. The largest absolute Gasteiger partial charge is 0.495 e. The van der Waals surface area contributed by atoms with Gasteiger partial charge < -0.3 is 9.84 Å². The van der Waals surface area contributed by atoms with E-state index in [1.165, 1.54) is 31.4 Å². The molecule has 2 aromatic carbocycles. The van der Waals surface area contributed by atoms with E-state index < -0.39 is 10.9 Å². The Labute approximate surface area is 124 Å². The van der Waals surface area contributed by atoms with Gasteiger partial charge in [-0.1, -0.05) is 23.7 Å². The molecule has 0 aliphatic rings. The summed E-state index contributed by atoms with van der Waals surface area (Å²) in [6.45, 7) is 0. The van der Waals surface area contributed by atoms with Crippen LogP contribution in [0.3, 0.4) is 0 Å². The second-order valence-electron chi connectivity index (χ2n) is 4.12. The summed E-state index contributed by atoms with van der Waals surface area (Å²) in [5, 5.41) is 20.1. The Bertz CT molecular complexity index is 729. The second kappa shape index (κ2) is 5.80. The lowest BCUT2D eigenvalue weighted by molar-refractivity contribution is -0.384. The molecule has 0 fully saturated rings. The van der Waals surface area contributed by atoms with E-state index in [1.807, 2.05) is 0 Å². The first kappa shape index (κ1) is 14.8. The fraction of sp³-hybridized carbons (Fsp3) is 0.0714. The maximum Gasteiger partial charge on any atom is 0.341 e. The van der Waals surface area contributed by atoms with Crippen molar-refractivity contribution in [2.45, 2.75) is 0 Å². The van der Waals surface area contributed by atoms with Crippen molar-refractivity contribution in [2.75, 3.05) is 7.11 Å². The van der Waals surface area contributed by atoms with Crippen LogP contribution in [0.25, 0.3) is 11.1 Å². The zero-order valence-electron chi connectivity index (χ0n) is 10.9. The molecule has 1 N–H and O–H groups in total. The molecule has 2 aromatic rings. The summed E-state index contributed by atoms with van der Waals surface area (Å²) < 4.78 is 5.14. The third kappa shape index (κ3) is 2.80. The summed E-state index contributed by atoms with van der Waals surface area (Å²) >= 11 is 5.88. The van der Waals surface area contributed by atoms with E-state index in [2.05, 4.69) is 0 Å². The number of ether oxygens (including phenoxy) is 1. The second-order valence-corrected chi connectivity index (χ2v) is 4.52. The van der Waals surface area contributed by atoms with E-state index in [-0.39, 0.29) is 22.0 Å². The quantitative estimate of drug-likeness (QED) is 0.688. The molecule has 2 rings (SSSR count). The third-order valence-electron chi connectivity index (χ3n) is 2.89. The van der Waals surface area contributed by atoms with Crippen LogP contribution in [0.1, 0.15) is 10.4 Å². The van der Waals surface area contributed by atoms with Crippen LogP contribution in [-0.2, 0) is 0 Å². The van der Waals surface area contributed by atoms with Gasteiger partial charge in [-0.2, -0.15) is 0 Å². The fourth-order valence-electron chi connectivity index (χ4n) is 1.98. The minimum Gasteiger partial charge on any atom is -0.495 e. The predicted octanol–water partition coefficient (Wildman–Crippen LogP) is 3.62. The molecule has 108 valence electrons. The summed E-state index contributed by atoms with van der Waals surface area (Å²) in [6, 6.07) is 8.82. The van der Waals surface area contributed by atoms with Gasteiger partial charge in [0.2, 0.25) is 0 Å².